The Bertz CT molecular complexity index is 677. The molecule has 0 spiro atoms. The van der Waals surface area contributed by atoms with Gasteiger partial charge in [0, 0.05) is 71.0 Å². The minimum absolute atomic E-state index is 0. The summed E-state index contributed by atoms with van der Waals surface area (Å²) in [5.74, 6) is 1.56. The molecule has 2 N–H and O–H groups in total. The molecule has 3 unspecified atom stereocenters. The summed E-state index contributed by atoms with van der Waals surface area (Å²) in [6.07, 6.45) is 2.33. The molecule has 2 fully saturated rings. The summed E-state index contributed by atoms with van der Waals surface area (Å²) in [7, 11) is 0. The van der Waals surface area contributed by atoms with E-state index < -0.39 is 0 Å². The molecular formula is C26H47IN6. The summed E-state index contributed by atoms with van der Waals surface area (Å²) in [5.41, 5.74) is 1.41. The van der Waals surface area contributed by atoms with Gasteiger partial charge in [0.05, 0.1) is 0 Å². The first-order chi connectivity index (χ1) is 15.6. The number of benzene rings is 1. The number of hydrogen-bond acceptors (Lipinski definition) is 4. The summed E-state index contributed by atoms with van der Waals surface area (Å²) in [5, 5.41) is 7.21. The standard InChI is InChI=1S/C26H46N6.HI/c1-5-27-26(28-19-22(3)20-31-16-14-30(6-2)15-17-31)29-25-12-13-32(23(4)18-25)21-24-10-8-7-9-11-24;/h7-11,22-23,25H,5-6,12-21H2,1-4H3,(H2,27,28,29);1H. The molecule has 2 aliphatic heterocycles. The molecule has 1 aromatic rings. The zero-order valence-electron chi connectivity index (χ0n) is 21.3. The number of halogens is 1. The number of aliphatic imine (C=N–C) groups is 1. The third-order valence-corrected chi connectivity index (χ3v) is 6.97. The molecular weight excluding hydrogens is 523 g/mol. The minimum Gasteiger partial charge on any atom is -0.357 e. The van der Waals surface area contributed by atoms with Crippen molar-refractivity contribution < 1.29 is 0 Å². The van der Waals surface area contributed by atoms with Crippen LogP contribution in [0.1, 0.15) is 46.1 Å². The van der Waals surface area contributed by atoms with Crippen molar-refractivity contribution in [2.24, 2.45) is 10.9 Å². The van der Waals surface area contributed by atoms with E-state index in [9.17, 15) is 0 Å². The van der Waals surface area contributed by atoms with Gasteiger partial charge >= 0.3 is 0 Å². The second-order valence-corrected chi connectivity index (χ2v) is 9.73. The van der Waals surface area contributed by atoms with Crippen molar-refractivity contribution in [3.05, 3.63) is 35.9 Å². The zero-order valence-corrected chi connectivity index (χ0v) is 23.6. The van der Waals surface area contributed by atoms with Crippen LogP contribution in [0.4, 0.5) is 0 Å². The van der Waals surface area contributed by atoms with Gasteiger partial charge in [-0.2, -0.15) is 0 Å². The fraction of sp³-hybridized carbons (Fsp3) is 0.731. The quantitative estimate of drug-likeness (QED) is 0.271. The van der Waals surface area contributed by atoms with Gasteiger partial charge < -0.3 is 20.4 Å². The SMILES string of the molecule is CCNC(=NCC(C)CN1CCN(CC)CC1)NC1CCN(Cc2ccccc2)C(C)C1.I. The van der Waals surface area contributed by atoms with Gasteiger partial charge in [-0.05, 0) is 44.7 Å². The highest BCUT2D eigenvalue weighted by Gasteiger charge is 2.26. The summed E-state index contributed by atoms with van der Waals surface area (Å²) in [4.78, 5) is 12.7. The highest BCUT2D eigenvalue weighted by molar-refractivity contribution is 14.0. The summed E-state index contributed by atoms with van der Waals surface area (Å²) in [6, 6.07) is 11.9. The highest BCUT2D eigenvalue weighted by atomic mass is 127. The first-order valence-electron chi connectivity index (χ1n) is 12.8. The predicted molar refractivity (Wildman–Crippen MR) is 152 cm³/mol. The number of piperazine rings is 1. The van der Waals surface area contributed by atoms with Crippen molar-refractivity contribution in [2.75, 3.05) is 58.9 Å². The van der Waals surface area contributed by atoms with E-state index in [0.29, 0.717) is 18.0 Å². The van der Waals surface area contributed by atoms with E-state index >= 15 is 0 Å². The van der Waals surface area contributed by atoms with Gasteiger partial charge in [-0.15, -0.1) is 24.0 Å². The summed E-state index contributed by atoms with van der Waals surface area (Å²) in [6.45, 7) is 20.2. The van der Waals surface area contributed by atoms with Crippen LogP contribution in [0.3, 0.4) is 0 Å². The van der Waals surface area contributed by atoms with E-state index in [1.807, 2.05) is 0 Å². The van der Waals surface area contributed by atoms with Crippen LogP contribution in [-0.2, 0) is 6.54 Å². The maximum atomic E-state index is 4.96. The van der Waals surface area contributed by atoms with Gasteiger partial charge in [-0.25, -0.2) is 0 Å². The molecule has 2 saturated heterocycles. The molecule has 6 nitrogen and oxygen atoms in total. The van der Waals surface area contributed by atoms with E-state index in [1.54, 1.807) is 0 Å². The lowest BCUT2D eigenvalue weighted by molar-refractivity contribution is 0.125. The lowest BCUT2D eigenvalue weighted by Crippen LogP contribution is -2.51. The Kier molecular flexibility index (Phi) is 13.0. The van der Waals surface area contributed by atoms with Gasteiger partial charge in [0.15, 0.2) is 5.96 Å². The highest BCUT2D eigenvalue weighted by Crippen LogP contribution is 2.20. The zero-order chi connectivity index (χ0) is 22.8. The van der Waals surface area contributed by atoms with Gasteiger partial charge in [0.25, 0.3) is 0 Å². The third-order valence-electron chi connectivity index (χ3n) is 6.97. The molecule has 3 rings (SSSR count). The third kappa shape index (κ3) is 9.70. The number of piperidine rings is 1. The Balaban J connectivity index is 0.00000385. The topological polar surface area (TPSA) is 46.1 Å². The molecule has 0 aromatic heterocycles. The molecule has 33 heavy (non-hydrogen) atoms. The van der Waals surface area contributed by atoms with E-state index in [-0.39, 0.29) is 24.0 Å². The van der Waals surface area contributed by atoms with Crippen LogP contribution in [-0.4, -0.2) is 91.6 Å². The summed E-state index contributed by atoms with van der Waals surface area (Å²) >= 11 is 0. The smallest absolute Gasteiger partial charge is 0.191 e. The average Bonchev–Trinajstić information content (AvgIpc) is 2.80. The number of guanidine groups is 1. The molecule has 7 heteroatoms. The van der Waals surface area contributed by atoms with Crippen molar-refractivity contribution in [2.45, 2.75) is 59.2 Å². The van der Waals surface area contributed by atoms with Gasteiger partial charge in [0.2, 0.25) is 0 Å². The fourth-order valence-corrected chi connectivity index (χ4v) is 4.95. The van der Waals surface area contributed by atoms with Crippen molar-refractivity contribution >= 4 is 29.9 Å². The monoisotopic (exact) mass is 570 g/mol. The van der Waals surface area contributed by atoms with Crippen molar-refractivity contribution in [3.63, 3.8) is 0 Å². The van der Waals surface area contributed by atoms with Crippen LogP contribution in [0, 0.1) is 5.92 Å². The molecule has 1 aromatic carbocycles. The molecule has 0 bridgehead atoms. The molecule has 3 atom stereocenters. The Hall–Kier alpha value is -0.900. The Labute approximate surface area is 219 Å². The second-order valence-electron chi connectivity index (χ2n) is 9.73. The number of rotatable bonds is 9. The molecule has 0 radical (unpaired) electrons. The van der Waals surface area contributed by atoms with Gasteiger partial charge in [0.1, 0.15) is 0 Å². The fourth-order valence-electron chi connectivity index (χ4n) is 4.95. The van der Waals surface area contributed by atoms with E-state index in [0.717, 1.165) is 45.1 Å². The average molecular weight is 571 g/mol. The number of nitrogens with zero attached hydrogens (tertiary/aromatic N) is 4. The van der Waals surface area contributed by atoms with Crippen LogP contribution >= 0.6 is 24.0 Å². The van der Waals surface area contributed by atoms with Crippen LogP contribution < -0.4 is 10.6 Å². The number of likely N-dealkylation sites (N-methyl/N-ethyl adjacent to an activating group) is 1. The normalized spacial score (nSPS) is 24.2. The van der Waals surface area contributed by atoms with E-state index in [2.05, 4.69) is 83.4 Å². The number of hydrogen-bond donors (Lipinski definition) is 2. The van der Waals surface area contributed by atoms with Crippen LogP contribution in [0.2, 0.25) is 0 Å². The Morgan fingerprint density at radius 3 is 2.39 bits per heavy atom. The van der Waals surface area contributed by atoms with Crippen LogP contribution in [0.5, 0.6) is 0 Å². The molecule has 2 heterocycles. The predicted octanol–water partition coefficient (Wildman–Crippen LogP) is 3.49. The van der Waals surface area contributed by atoms with Crippen molar-refractivity contribution in [1.29, 1.82) is 0 Å². The van der Waals surface area contributed by atoms with E-state index in [4.69, 9.17) is 4.99 Å². The minimum atomic E-state index is 0. The Morgan fingerprint density at radius 1 is 1.06 bits per heavy atom. The Morgan fingerprint density at radius 2 is 1.76 bits per heavy atom. The molecule has 188 valence electrons. The van der Waals surface area contributed by atoms with Crippen molar-refractivity contribution in [3.8, 4) is 0 Å². The molecule has 0 saturated carbocycles. The first-order valence-corrected chi connectivity index (χ1v) is 12.8. The number of nitrogens with one attached hydrogen (secondary N) is 2. The molecule has 0 aliphatic carbocycles. The summed E-state index contributed by atoms with van der Waals surface area (Å²) < 4.78 is 0. The second kappa shape index (κ2) is 15.2. The number of likely N-dealkylation sites (tertiary alicyclic amines) is 1. The van der Waals surface area contributed by atoms with E-state index in [1.165, 1.54) is 44.7 Å². The maximum Gasteiger partial charge on any atom is 0.191 e. The maximum absolute atomic E-state index is 4.96. The lowest BCUT2D eigenvalue weighted by Gasteiger charge is -2.38. The largest absolute Gasteiger partial charge is 0.357 e. The van der Waals surface area contributed by atoms with Crippen LogP contribution in [0.25, 0.3) is 0 Å². The molecule has 0 amide bonds. The lowest BCUT2D eigenvalue weighted by atomic mass is 9.97. The van der Waals surface area contributed by atoms with Crippen molar-refractivity contribution in [1.82, 2.24) is 25.3 Å². The molecule has 2 aliphatic rings. The van der Waals surface area contributed by atoms with Crippen LogP contribution in [0.15, 0.2) is 35.3 Å². The first kappa shape index (κ1) is 28.3. The van der Waals surface area contributed by atoms with Gasteiger partial charge in [-0.3, -0.25) is 9.89 Å². The van der Waals surface area contributed by atoms with Gasteiger partial charge in [-0.1, -0.05) is 44.2 Å².